The van der Waals surface area contributed by atoms with Crippen molar-refractivity contribution in [3.05, 3.63) is 27.4 Å². The van der Waals surface area contributed by atoms with Crippen LogP contribution >= 0.6 is 0 Å². The molecule has 1 aliphatic carbocycles. The van der Waals surface area contributed by atoms with E-state index in [9.17, 15) is 9.59 Å². The fourth-order valence-electron chi connectivity index (χ4n) is 4.79. The van der Waals surface area contributed by atoms with E-state index in [1.807, 2.05) is 11.9 Å². The Balaban J connectivity index is 1.46. The Bertz CT molecular complexity index is 723. The summed E-state index contributed by atoms with van der Waals surface area (Å²) in [5, 5.41) is 0. The Morgan fingerprint density at radius 1 is 1.19 bits per heavy atom. The highest BCUT2D eigenvalue weighted by molar-refractivity contribution is 5.76. The summed E-state index contributed by atoms with van der Waals surface area (Å²) in [6.45, 7) is 3.17. The Morgan fingerprint density at radius 3 is 2.81 bits per heavy atom. The first-order valence-electron chi connectivity index (χ1n) is 10.2. The van der Waals surface area contributed by atoms with Gasteiger partial charge in [-0.25, -0.2) is 4.98 Å². The molecule has 0 aromatic carbocycles. The van der Waals surface area contributed by atoms with Crippen LogP contribution in [0.5, 0.6) is 0 Å². The molecular weight excluding hydrogens is 328 g/mol. The number of H-pyrrole nitrogens is 1. The van der Waals surface area contributed by atoms with E-state index in [0.717, 1.165) is 49.4 Å². The van der Waals surface area contributed by atoms with Crippen LogP contribution in [0.15, 0.2) is 4.79 Å². The number of hydrogen-bond donors (Lipinski definition) is 1. The minimum Gasteiger partial charge on any atom is -0.342 e. The summed E-state index contributed by atoms with van der Waals surface area (Å²) in [4.78, 5) is 37.2. The highest BCUT2D eigenvalue weighted by atomic mass is 16.2. The number of carbonyl (C=O) groups is 1. The van der Waals surface area contributed by atoms with Gasteiger partial charge in [0.2, 0.25) is 5.91 Å². The number of likely N-dealkylation sites (tertiary alicyclic amines) is 1. The highest BCUT2D eigenvalue weighted by Gasteiger charge is 2.29. The van der Waals surface area contributed by atoms with Gasteiger partial charge in [-0.1, -0.05) is 12.8 Å². The van der Waals surface area contributed by atoms with Crippen molar-refractivity contribution in [2.75, 3.05) is 26.7 Å². The smallest absolute Gasteiger partial charge is 0.255 e. The average Bonchev–Trinajstić information content (AvgIpc) is 3.15. The molecule has 1 saturated carbocycles. The van der Waals surface area contributed by atoms with Gasteiger partial charge in [0.05, 0.1) is 11.3 Å². The summed E-state index contributed by atoms with van der Waals surface area (Å²) in [6, 6.07) is 0. The van der Waals surface area contributed by atoms with Gasteiger partial charge in [-0.3, -0.25) is 9.59 Å². The van der Waals surface area contributed by atoms with Gasteiger partial charge >= 0.3 is 0 Å². The average molecular weight is 358 g/mol. The Kier molecular flexibility index (Phi) is 5.11. The molecule has 4 rings (SSSR count). The number of aromatic nitrogens is 2. The van der Waals surface area contributed by atoms with Crippen molar-refractivity contribution in [3.63, 3.8) is 0 Å². The molecule has 142 valence electrons. The highest BCUT2D eigenvalue weighted by Crippen LogP contribution is 2.30. The van der Waals surface area contributed by atoms with Crippen LogP contribution in [0.1, 0.15) is 67.9 Å². The molecule has 2 fully saturated rings. The normalized spacial score (nSPS) is 24.7. The van der Waals surface area contributed by atoms with Gasteiger partial charge in [0.25, 0.3) is 5.56 Å². The first-order chi connectivity index (χ1) is 12.6. The molecule has 26 heavy (non-hydrogen) atoms. The van der Waals surface area contributed by atoms with Gasteiger partial charge in [-0.2, -0.15) is 0 Å². The molecule has 1 aromatic heterocycles. The second-order valence-corrected chi connectivity index (χ2v) is 8.40. The maximum Gasteiger partial charge on any atom is 0.255 e. The van der Waals surface area contributed by atoms with Crippen LogP contribution < -0.4 is 5.56 Å². The van der Waals surface area contributed by atoms with Crippen LogP contribution in [0.3, 0.4) is 0 Å². The van der Waals surface area contributed by atoms with E-state index in [4.69, 9.17) is 4.98 Å². The van der Waals surface area contributed by atoms with E-state index < -0.39 is 0 Å². The van der Waals surface area contributed by atoms with E-state index in [1.54, 1.807) is 0 Å². The number of amides is 1. The summed E-state index contributed by atoms with van der Waals surface area (Å²) in [6.07, 6.45) is 8.48. The van der Waals surface area contributed by atoms with Crippen molar-refractivity contribution < 1.29 is 4.79 Å². The molecule has 6 nitrogen and oxygen atoms in total. The number of likely N-dealkylation sites (N-methyl/N-ethyl adjacent to an activating group) is 1. The predicted octanol–water partition coefficient (Wildman–Crippen LogP) is 2.04. The van der Waals surface area contributed by atoms with Crippen LogP contribution in [-0.2, 0) is 17.8 Å². The third-order valence-corrected chi connectivity index (χ3v) is 6.38. The lowest BCUT2D eigenvalue weighted by Gasteiger charge is -2.33. The van der Waals surface area contributed by atoms with Crippen LogP contribution in [-0.4, -0.2) is 52.4 Å². The molecule has 6 heteroatoms. The third-order valence-electron chi connectivity index (χ3n) is 6.38. The van der Waals surface area contributed by atoms with Crippen LogP contribution in [0.25, 0.3) is 0 Å². The first kappa shape index (κ1) is 17.7. The summed E-state index contributed by atoms with van der Waals surface area (Å²) < 4.78 is 0. The number of nitrogens with one attached hydrogen (secondary N) is 1. The molecule has 0 spiro atoms. The van der Waals surface area contributed by atoms with Gasteiger partial charge < -0.3 is 14.8 Å². The second-order valence-electron chi connectivity index (χ2n) is 8.40. The van der Waals surface area contributed by atoms with Crippen molar-refractivity contribution in [1.82, 2.24) is 19.8 Å². The molecule has 1 amide bonds. The lowest BCUT2D eigenvalue weighted by Crippen LogP contribution is -2.41. The molecule has 1 atom stereocenters. The van der Waals surface area contributed by atoms with Crippen molar-refractivity contribution >= 4 is 5.91 Å². The topological polar surface area (TPSA) is 69.3 Å². The minimum absolute atomic E-state index is 0.00551. The van der Waals surface area contributed by atoms with E-state index in [1.165, 1.54) is 25.7 Å². The lowest BCUT2D eigenvalue weighted by atomic mass is 9.95. The Hall–Kier alpha value is -1.69. The van der Waals surface area contributed by atoms with Crippen molar-refractivity contribution in [3.8, 4) is 0 Å². The number of nitrogens with zero attached hydrogens (tertiary/aromatic N) is 3. The largest absolute Gasteiger partial charge is 0.342 e. The van der Waals surface area contributed by atoms with Gasteiger partial charge in [-0.15, -0.1) is 0 Å². The van der Waals surface area contributed by atoms with Gasteiger partial charge in [0.15, 0.2) is 0 Å². The summed E-state index contributed by atoms with van der Waals surface area (Å²) in [5.41, 5.74) is 1.77. The monoisotopic (exact) mass is 358 g/mol. The molecule has 1 N–H and O–H groups in total. The summed E-state index contributed by atoms with van der Waals surface area (Å²) in [5.74, 6) is 1.83. The number of carbonyl (C=O) groups excluding carboxylic acids is 1. The first-order valence-corrected chi connectivity index (χ1v) is 10.2. The summed E-state index contributed by atoms with van der Waals surface area (Å²) in [7, 11) is 2.03. The predicted molar refractivity (Wildman–Crippen MR) is 100 cm³/mol. The van der Waals surface area contributed by atoms with Gasteiger partial charge in [0, 0.05) is 44.9 Å². The van der Waals surface area contributed by atoms with E-state index in [0.29, 0.717) is 31.3 Å². The van der Waals surface area contributed by atoms with Crippen molar-refractivity contribution in [1.29, 1.82) is 0 Å². The number of rotatable bonds is 3. The molecular formula is C20H30N4O2. The molecule has 1 saturated heterocycles. The van der Waals surface area contributed by atoms with E-state index >= 15 is 0 Å². The number of aromatic amines is 1. The second kappa shape index (κ2) is 7.51. The molecule has 2 aliphatic heterocycles. The zero-order valence-corrected chi connectivity index (χ0v) is 15.8. The van der Waals surface area contributed by atoms with Crippen LogP contribution in [0, 0.1) is 5.92 Å². The van der Waals surface area contributed by atoms with Gasteiger partial charge in [-0.05, 0) is 38.6 Å². The van der Waals surface area contributed by atoms with Gasteiger partial charge in [0.1, 0.15) is 5.82 Å². The maximum atomic E-state index is 12.7. The summed E-state index contributed by atoms with van der Waals surface area (Å²) >= 11 is 0. The Labute approximate surface area is 155 Å². The molecule has 3 heterocycles. The Morgan fingerprint density at radius 2 is 2.00 bits per heavy atom. The third kappa shape index (κ3) is 3.70. The number of fused-ring (bicyclic) bond motifs is 1. The quantitative estimate of drug-likeness (QED) is 0.898. The lowest BCUT2D eigenvalue weighted by molar-refractivity contribution is -0.133. The van der Waals surface area contributed by atoms with Crippen molar-refractivity contribution in [2.24, 2.45) is 5.92 Å². The number of hydrogen-bond acceptors (Lipinski definition) is 4. The molecule has 3 aliphatic rings. The minimum atomic E-state index is 0.00551. The standard InChI is InChI=1S/C20H30N4O2/c1-23-10-8-17-16(13-23)20(26)22-19(21-17)15-7-4-9-24(12-15)18(25)11-14-5-2-3-6-14/h14-15H,2-13H2,1H3,(H,21,22,26)/t15-/m0/s1. The fraction of sp³-hybridized carbons (Fsp3) is 0.750. The molecule has 0 radical (unpaired) electrons. The SMILES string of the molecule is CN1CCc2nc([C@H]3CCCN(C(=O)CC4CCCC4)C3)[nH]c(=O)c2C1. The zero-order valence-electron chi connectivity index (χ0n) is 15.8. The van der Waals surface area contributed by atoms with Crippen LogP contribution in [0.4, 0.5) is 0 Å². The maximum absolute atomic E-state index is 12.7. The molecule has 0 unspecified atom stereocenters. The zero-order chi connectivity index (χ0) is 18.1. The fourth-order valence-corrected chi connectivity index (χ4v) is 4.79. The number of piperidine rings is 1. The van der Waals surface area contributed by atoms with E-state index in [-0.39, 0.29) is 11.5 Å². The van der Waals surface area contributed by atoms with Crippen molar-refractivity contribution in [2.45, 2.75) is 63.8 Å². The molecule has 0 bridgehead atoms. The molecule has 1 aromatic rings. The van der Waals surface area contributed by atoms with Crippen LogP contribution in [0.2, 0.25) is 0 Å². The van der Waals surface area contributed by atoms with E-state index in [2.05, 4.69) is 9.88 Å².